The third-order valence-corrected chi connectivity index (χ3v) is 5.85. The number of fused-ring (bicyclic) bond motifs is 1. The average Bonchev–Trinajstić information content (AvgIpc) is 2.81. The van der Waals surface area contributed by atoms with Crippen LogP contribution in [0.5, 0.6) is 0 Å². The smallest absolute Gasteiger partial charge is 0.123 e. The standard InChI is InChI=1S/C15H16FNS2/c1-9-6-11(16)2-3-12(9)15(17)14-7-10-8-18-5-4-13(10)19-14/h2-3,6-7,15H,4-5,8,17H2,1H3. The number of thioether (sulfide) groups is 1. The molecule has 1 nitrogen and oxygen atoms in total. The van der Waals surface area contributed by atoms with E-state index in [-0.39, 0.29) is 11.9 Å². The van der Waals surface area contributed by atoms with Crippen LogP contribution >= 0.6 is 23.1 Å². The first-order chi connectivity index (χ1) is 9.15. The number of halogens is 1. The maximum Gasteiger partial charge on any atom is 0.123 e. The molecule has 0 fully saturated rings. The lowest BCUT2D eigenvalue weighted by molar-refractivity contribution is 0.625. The molecule has 0 aliphatic carbocycles. The van der Waals surface area contributed by atoms with Gasteiger partial charge in [0.1, 0.15) is 5.82 Å². The van der Waals surface area contributed by atoms with Crippen LogP contribution in [-0.4, -0.2) is 5.75 Å². The van der Waals surface area contributed by atoms with Crippen molar-refractivity contribution < 1.29 is 4.39 Å². The van der Waals surface area contributed by atoms with Crippen LogP contribution in [0, 0.1) is 12.7 Å². The molecule has 19 heavy (non-hydrogen) atoms. The van der Waals surface area contributed by atoms with Crippen molar-refractivity contribution in [3.8, 4) is 0 Å². The number of aryl methyl sites for hydroxylation is 2. The van der Waals surface area contributed by atoms with Crippen LogP contribution in [0.15, 0.2) is 24.3 Å². The molecule has 1 unspecified atom stereocenters. The fraction of sp³-hybridized carbons (Fsp3) is 0.333. The number of benzene rings is 1. The first-order valence-corrected chi connectivity index (χ1v) is 8.33. The molecule has 1 aliphatic heterocycles. The molecule has 1 aliphatic rings. The Bertz CT molecular complexity index is 583. The highest BCUT2D eigenvalue weighted by Crippen LogP contribution is 2.36. The Labute approximate surface area is 121 Å². The highest BCUT2D eigenvalue weighted by molar-refractivity contribution is 7.98. The zero-order valence-electron chi connectivity index (χ0n) is 10.8. The summed E-state index contributed by atoms with van der Waals surface area (Å²) in [5.74, 6) is 2.11. The van der Waals surface area contributed by atoms with Gasteiger partial charge in [0, 0.05) is 15.5 Å². The fourth-order valence-corrected chi connectivity index (χ4v) is 4.86. The number of nitrogens with two attached hydrogens (primary N) is 1. The maximum atomic E-state index is 13.2. The molecule has 1 aromatic heterocycles. The van der Waals surface area contributed by atoms with E-state index in [4.69, 9.17) is 5.73 Å². The van der Waals surface area contributed by atoms with Crippen LogP contribution in [-0.2, 0) is 12.2 Å². The van der Waals surface area contributed by atoms with Crippen molar-refractivity contribution in [3.05, 3.63) is 56.5 Å². The van der Waals surface area contributed by atoms with Gasteiger partial charge in [-0.05, 0) is 54.0 Å². The van der Waals surface area contributed by atoms with Crippen LogP contribution in [0.4, 0.5) is 4.39 Å². The lowest BCUT2D eigenvalue weighted by Gasteiger charge is -2.13. The molecule has 0 bridgehead atoms. The van der Waals surface area contributed by atoms with Crippen LogP contribution in [0.1, 0.15) is 32.5 Å². The fourth-order valence-electron chi connectivity index (χ4n) is 2.46. The quantitative estimate of drug-likeness (QED) is 0.904. The van der Waals surface area contributed by atoms with Gasteiger partial charge in [-0.3, -0.25) is 0 Å². The van der Waals surface area contributed by atoms with E-state index >= 15 is 0 Å². The molecule has 4 heteroatoms. The molecule has 2 heterocycles. The SMILES string of the molecule is Cc1cc(F)ccc1C(N)c1cc2c(s1)CCSC2. The van der Waals surface area contributed by atoms with E-state index in [1.165, 1.54) is 27.1 Å². The van der Waals surface area contributed by atoms with E-state index < -0.39 is 0 Å². The Balaban J connectivity index is 1.94. The normalized spacial score (nSPS) is 16.2. The van der Waals surface area contributed by atoms with Gasteiger partial charge in [-0.25, -0.2) is 4.39 Å². The van der Waals surface area contributed by atoms with Crippen molar-refractivity contribution in [2.45, 2.75) is 25.1 Å². The van der Waals surface area contributed by atoms with E-state index in [1.54, 1.807) is 6.07 Å². The molecule has 0 saturated heterocycles. The van der Waals surface area contributed by atoms with Gasteiger partial charge in [-0.2, -0.15) is 11.8 Å². The number of rotatable bonds is 2. The first kappa shape index (κ1) is 13.2. The van der Waals surface area contributed by atoms with Crippen molar-refractivity contribution in [1.29, 1.82) is 0 Å². The summed E-state index contributed by atoms with van der Waals surface area (Å²) in [4.78, 5) is 2.67. The van der Waals surface area contributed by atoms with Gasteiger partial charge in [0.05, 0.1) is 6.04 Å². The lowest BCUT2D eigenvalue weighted by atomic mass is 10.0. The summed E-state index contributed by atoms with van der Waals surface area (Å²) < 4.78 is 13.2. The molecule has 2 aromatic rings. The van der Waals surface area contributed by atoms with E-state index in [0.717, 1.165) is 23.3 Å². The van der Waals surface area contributed by atoms with Crippen molar-refractivity contribution in [2.24, 2.45) is 5.73 Å². The Morgan fingerprint density at radius 3 is 2.89 bits per heavy atom. The molecule has 1 atom stereocenters. The monoisotopic (exact) mass is 293 g/mol. The zero-order chi connectivity index (χ0) is 13.4. The number of hydrogen-bond acceptors (Lipinski definition) is 3. The van der Waals surface area contributed by atoms with Crippen molar-refractivity contribution >= 4 is 23.1 Å². The molecule has 0 spiro atoms. The molecular weight excluding hydrogens is 277 g/mol. The van der Waals surface area contributed by atoms with E-state index in [9.17, 15) is 4.39 Å². The molecule has 0 radical (unpaired) electrons. The van der Waals surface area contributed by atoms with Gasteiger partial charge in [0.25, 0.3) is 0 Å². The number of thiophene rings is 1. The van der Waals surface area contributed by atoms with Gasteiger partial charge in [0.15, 0.2) is 0 Å². The molecule has 1 aromatic carbocycles. The van der Waals surface area contributed by atoms with E-state index in [0.29, 0.717) is 0 Å². The molecule has 100 valence electrons. The average molecular weight is 293 g/mol. The summed E-state index contributed by atoms with van der Waals surface area (Å²) in [6.45, 7) is 1.92. The van der Waals surface area contributed by atoms with Gasteiger partial charge in [-0.1, -0.05) is 6.07 Å². The second-order valence-corrected chi connectivity index (χ2v) is 7.15. The summed E-state index contributed by atoms with van der Waals surface area (Å²) in [7, 11) is 0. The van der Waals surface area contributed by atoms with Gasteiger partial charge in [-0.15, -0.1) is 11.3 Å². The summed E-state index contributed by atoms with van der Waals surface area (Å²) in [5.41, 5.74) is 9.74. The first-order valence-electron chi connectivity index (χ1n) is 6.36. The van der Waals surface area contributed by atoms with Crippen molar-refractivity contribution in [2.75, 3.05) is 5.75 Å². The Morgan fingerprint density at radius 1 is 1.32 bits per heavy atom. The van der Waals surface area contributed by atoms with Gasteiger partial charge in [0.2, 0.25) is 0 Å². The topological polar surface area (TPSA) is 26.0 Å². The Morgan fingerprint density at radius 2 is 2.16 bits per heavy atom. The summed E-state index contributed by atoms with van der Waals surface area (Å²) in [6, 6.07) is 6.95. The maximum absolute atomic E-state index is 13.2. The molecular formula is C15H16FNS2. The van der Waals surface area contributed by atoms with Crippen LogP contribution < -0.4 is 5.73 Å². The third-order valence-electron chi connectivity index (χ3n) is 3.52. The predicted octanol–water partition coefficient (Wildman–Crippen LogP) is 4.03. The van der Waals surface area contributed by atoms with E-state index in [2.05, 4.69) is 6.07 Å². The third kappa shape index (κ3) is 2.57. The summed E-state index contributed by atoms with van der Waals surface area (Å²) >= 11 is 3.80. The number of hydrogen-bond donors (Lipinski definition) is 1. The molecule has 2 N–H and O–H groups in total. The summed E-state index contributed by atoms with van der Waals surface area (Å²) in [5, 5.41) is 0. The van der Waals surface area contributed by atoms with Crippen LogP contribution in [0.3, 0.4) is 0 Å². The van der Waals surface area contributed by atoms with Gasteiger partial charge < -0.3 is 5.73 Å². The minimum Gasteiger partial charge on any atom is -0.320 e. The second-order valence-electron chi connectivity index (χ2n) is 4.88. The molecule has 3 rings (SSSR count). The predicted molar refractivity (Wildman–Crippen MR) is 81.4 cm³/mol. The lowest BCUT2D eigenvalue weighted by Crippen LogP contribution is -2.11. The second kappa shape index (κ2) is 5.27. The van der Waals surface area contributed by atoms with Crippen molar-refractivity contribution in [1.82, 2.24) is 0 Å². The van der Waals surface area contributed by atoms with Gasteiger partial charge >= 0.3 is 0 Å². The largest absolute Gasteiger partial charge is 0.320 e. The molecule has 0 amide bonds. The Kier molecular flexibility index (Phi) is 3.65. The van der Waals surface area contributed by atoms with Crippen molar-refractivity contribution in [3.63, 3.8) is 0 Å². The highest BCUT2D eigenvalue weighted by atomic mass is 32.2. The highest BCUT2D eigenvalue weighted by Gasteiger charge is 2.19. The van der Waals surface area contributed by atoms with Crippen LogP contribution in [0.25, 0.3) is 0 Å². The minimum atomic E-state index is -0.199. The molecule has 0 saturated carbocycles. The zero-order valence-corrected chi connectivity index (χ0v) is 12.4. The van der Waals surface area contributed by atoms with Crippen LogP contribution in [0.2, 0.25) is 0 Å². The van der Waals surface area contributed by atoms with E-state index in [1.807, 2.05) is 36.1 Å². The minimum absolute atomic E-state index is 0.138. The Hall–Kier alpha value is -0.840. The summed E-state index contributed by atoms with van der Waals surface area (Å²) in [6.07, 6.45) is 1.15.